The molecule has 2 rings (SSSR count). The Morgan fingerprint density at radius 3 is 2.83 bits per heavy atom. The fourth-order valence-electron chi connectivity index (χ4n) is 2.27. The van der Waals surface area contributed by atoms with Gasteiger partial charge in [0.25, 0.3) is 0 Å². The molecule has 0 aliphatic carbocycles. The number of aromatic carboxylic acids is 1. The van der Waals surface area contributed by atoms with Gasteiger partial charge in [0.1, 0.15) is 5.82 Å². The molecule has 1 heterocycles. The highest BCUT2D eigenvalue weighted by atomic mass is 19.1. The maximum atomic E-state index is 13.9. The molecule has 1 fully saturated rings. The summed E-state index contributed by atoms with van der Waals surface area (Å²) in [7, 11) is 2.12. The van der Waals surface area contributed by atoms with Crippen LogP contribution in [0.4, 0.5) is 10.1 Å². The van der Waals surface area contributed by atoms with Crippen LogP contribution in [0.15, 0.2) is 18.2 Å². The Morgan fingerprint density at radius 2 is 2.17 bits per heavy atom. The van der Waals surface area contributed by atoms with E-state index in [9.17, 15) is 14.3 Å². The first kappa shape index (κ1) is 12.8. The minimum Gasteiger partial charge on any atom is -0.545 e. The van der Waals surface area contributed by atoms with Gasteiger partial charge in [-0.15, -0.1) is 0 Å². The number of nitrogens with zero attached hydrogens (tertiary/aromatic N) is 1. The van der Waals surface area contributed by atoms with Crippen LogP contribution in [0.25, 0.3) is 0 Å². The van der Waals surface area contributed by atoms with Crippen LogP contribution in [0.2, 0.25) is 0 Å². The standard InChI is InChI=1S/C13H17FN2O2/c1-15-5-2-6-16(8-7-15)12-4-3-10(13(17)18)9-11(12)14/h3-4,9H,2,5-8H2,1H3,(H,17,18). The second-order valence-corrected chi connectivity index (χ2v) is 4.75. The molecule has 0 radical (unpaired) electrons. The largest absolute Gasteiger partial charge is 0.545 e. The topological polar surface area (TPSA) is 47.8 Å². The number of carboxylic acid groups (broad SMARTS) is 1. The van der Waals surface area contributed by atoms with Crippen LogP contribution in [0.5, 0.6) is 0 Å². The van der Waals surface area contributed by atoms with Crippen molar-refractivity contribution in [3.8, 4) is 0 Å². The number of carbonyl (C=O) groups is 1. The fraction of sp³-hybridized carbons (Fsp3) is 0.462. The highest BCUT2D eigenvalue weighted by molar-refractivity contribution is 5.86. The molecule has 1 atom stereocenters. The molecule has 0 saturated carbocycles. The Balaban J connectivity index is 2.20. The van der Waals surface area contributed by atoms with Crippen molar-refractivity contribution >= 4 is 11.7 Å². The number of nitrogens with one attached hydrogen (secondary N) is 1. The number of hydrogen-bond acceptors (Lipinski definition) is 3. The monoisotopic (exact) mass is 252 g/mol. The average molecular weight is 252 g/mol. The van der Waals surface area contributed by atoms with Gasteiger partial charge in [0.15, 0.2) is 0 Å². The Hall–Kier alpha value is -1.62. The number of hydrogen-bond donors (Lipinski definition) is 1. The summed E-state index contributed by atoms with van der Waals surface area (Å²) in [6.45, 7) is 3.63. The number of anilines is 1. The molecule has 1 aliphatic heterocycles. The van der Waals surface area contributed by atoms with E-state index < -0.39 is 11.8 Å². The number of carboxylic acids is 1. The van der Waals surface area contributed by atoms with E-state index in [4.69, 9.17) is 0 Å². The summed E-state index contributed by atoms with van der Waals surface area (Å²) in [4.78, 5) is 14.1. The highest BCUT2D eigenvalue weighted by Crippen LogP contribution is 2.20. The van der Waals surface area contributed by atoms with Crippen molar-refractivity contribution in [2.24, 2.45) is 0 Å². The zero-order valence-electron chi connectivity index (χ0n) is 10.4. The second-order valence-electron chi connectivity index (χ2n) is 4.75. The van der Waals surface area contributed by atoms with Gasteiger partial charge in [0, 0.05) is 18.5 Å². The first-order valence-electron chi connectivity index (χ1n) is 6.15. The minimum absolute atomic E-state index is 0.117. The number of carbonyl (C=O) groups excluding carboxylic acids is 1. The molecule has 1 aromatic carbocycles. The third kappa shape index (κ3) is 2.79. The Morgan fingerprint density at radius 1 is 1.39 bits per heavy atom. The van der Waals surface area contributed by atoms with E-state index in [1.54, 1.807) is 0 Å². The van der Waals surface area contributed by atoms with E-state index in [0.717, 1.165) is 38.7 Å². The summed E-state index contributed by atoms with van der Waals surface area (Å²) < 4.78 is 13.9. The van der Waals surface area contributed by atoms with Gasteiger partial charge in [-0.25, -0.2) is 4.39 Å². The normalized spacial score (nSPS) is 20.6. The fourth-order valence-corrected chi connectivity index (χ4v) is 2.27. The van der Waals surface area contributed by atoms with E-state index in [1.165, 1.54) is 17.0 Å². The summed E-state index contributed by atoms with van der Waals surface area (Å²) in [6, 6.07) is 3.96. The lowest BCUT2D eigenvalue weighted by Crippen LogP contribution is -3.09. The van der Waals surface area contributed by atoms with Crippen LogP contribution >= 0.6 is 0 Å². The maximum Gasteiger partial charge on any atom is 0.147 e. The minimum atomic E-state index is -1.35. The van der Waals surface area contributed by atoms with E-state index >= 15 is 0 Å². The molecule has 1 aromatic rings. The van der Waals surface area contributed by atoms with Crippen molar-refractivity contribution in [3.63, 3.8) is 0 Å². The zero-order chi connectivity index (χ0) is 13.1. The molecule has 0 aromatic heterocycles. The molecule has 0 bridgehead atoms. The molecular formula is C13H17FN2O2. The first-order valence-corrected chi connectivity index (χ1v) is 6.15. The second kappa shape index (κ2) is 5.35. The third-order valence-corrected chi connectivity index (χ3v) is 3.36. The molecule has 1 saturated heterocycles. The van der Waals surface area contributed by atoms with Crippen molar-refractivity contribution in [2.75, 3.05) is 38.1 Å². The van der Waals surface area contributed by atoms with Gasteiger partial charge in [0.2, 0.25) is 0 Å². The van der Waals surface area contributed by atoms with Crippen LogP contribution < -0.4 is 14.9 Å². The van der Waals surface area contributed by atoms with Gasteiger partial charge in [-0.3, -0.25) is 0 Å². The van der Waals surface area contributed by atoms with E-state index in [0.29, 0.717) is 5.69 Å². The van der Waals surface area contributed by atoms with Gasteiger partial charge in [-0.2, -0.15) is 0 Å². The summed E-state index contributed by atoms with van der Waals surface area (Å²) in [6.07, 6.45) is 1.01. The quantitative estimate of drug-likeness (QED) is 0.728. The van der Waals surface area contributed by atoms with Crippen LogP contribution in [0.1, 0.15) is 16.8 Å². The van der Waals surface area contributed by atoms with Crippen LogP contribution in [-0.4, -0.2) is 39.2 Å². The van der Waals surface area contributed by atoms with Gasteiger partial charge in [-0.1, -0.05) is 6.07 Å². The molecule has 5 heteroatoms. The molecule has 1 aliphatic rings. The number of benzene rings is 1. The summed E-state index contributed by atoms with van der Waals surface area (Å²) in [5.74, 6) is -1.84. The number of likely N-dealkylation sites (N-methyl/N-ethyl adjacent to an activating group) is 1. The third-order valence-electron chi connectivity index (χ3n) is 3.36. The van der Waals surface area contributed by atoms with Crippen molar-refractivity contribution in [2.45, 2.75) is 6.42 Å². The SMILES string of the molecule is C[NH+]1CCCN(c2ccc(C(=O)[O-])cc2F)CC1. The van der Waals surface area contributed by atoms with Gasteiger partial charge in [-0.05, 0) is 12.1 Å². The lowest BCUT2D eigenvalue weighted by molar-refractivity contribution is -0.876. The van der Waals surface area contributed by atoms with Crippen molar-refractivity contribution in [1.29, 1.82) is 0 Å². The van der Waals surface area contributed by atoms with Crippen molar-refractivity contribution in [1.82, 2.24) is 0 Å². The predicted octanol–water partition coefficient (Wildman–Crippen LogP) is -1.09. The van der Waals surface area contributed by atoms with Crippen LogP contribution in [0, 0.1) is 5.82 Å². The zero-order valence-corrected chi connectivity index (χ0v) is 10.4. The Bertz CT molecular complexity index is 451. The molecular weight excluding hydrogens is 235 g/mol. The van der Waals surface area contributed by atoms with E-state index in [1.807, 2.05) is 4.90 Å². The molecule has 0 amide bonds. The Labute approximate surface area is 106 Å². The van der Waals surface area contributed by atoms with E-state index in [2.05, 4.69) is 7.05 Å². The lowest BCUT2D eigenvalue weighted by Gasteiger charge is -2.22. The molecule has 0 spiro atoms. The van der Waals surface area contributed by atoms with E-state index in [-0.39, 0.29) is 5.56 Å². The van der Waals surface area contributed by atoms with Gasteiger partial charge >= 0.3 is 0 Å². The number of quaternary nitrogens is 1. The Kier molecular flexibility index (Phi) is 3.81. The lowest BCUT2D eigenvalue weighted by atomic mass is 10.2. The van der Waals surface area contributed by atoms with Gasteiger partial charge in [0.05, 0.1) is 38.3 Å². The average Bonchev–Trinajstić information content (AvgIpc) is 2.54. The molecule has 18 heavy (non-hydrogen) atoms. The molecule has 1 N–H and O–H groups in total. The summed E-state index contributed by atoms with van der Waals surface area (Å²) in [5, 5.41) is 10.6. The summed E-state index contributed by atoms with van der Waals surface area (Å²) in [5.41, 5.74) is 0.364. The molecule has 1 unspecified atom stereocenters. The number of rotatable bonds is 2. The highest BCUT2D eigenvalue weighted by Gasteiger charge is 2.17. The number of halogens is 1. The van der Waals surface area contributed by atoms with Crippen molar-refractivity contribution < 1.29 is 19.2 Å². The molecule has 98 valence electrons. The van der Waals surface area contributed by atoms with Crippen LogP contribution in [0.3, 0.4) is 0 Å². The predicted molar refractivity (Wildman–Crippen MR) is 64.2 cm³/mol. The van der Waals surface area contributed by atoms with Crippen molar-refractivity contribution in [3.05, 3.63) is 29.6 Å². The summed E-state index contributed by atoms with van der Waals surface area (Å²) >= 11 is 0. The van der Waals surface area contributed by atoms with Gasteiger partial charge < -0.3 is 19.7 Å². The smallest absolute Gasteiger partial charge is 0.147 e. The molecule has 4 nitrogen and oxygen atoms in total. The maximum absolute atomic E-state index is 13.9. The van der Waals surface area contributed by atoms with Crippen LogP contribution in [-0.2, 0) is 0 Å². The first-order chi connectivity index (χ1) is 8.58.